The first kappa shape index (κ1) is 33.7. The van der Waals surface area contributed by atoms with E-state index in [2.05, 4.69) is 217 Å². The lowest BCUT2D eigenvalue weighted by Gasteiger charge is -2.28. The van der Waals surface area contributed by atoms with Crippen LogP contribution in [0.4, 0.5) is 17.1 Å². The van der Waals surface area contributed by atoms with Crippen LogP contribution >= 0.6 is 11.3 Å². The second-order valence-corrected chi connectivity index (χ2v) is 16.3. The molecule has 0 saturated carbocycles. The van der Waals surface area contributed by atoms with Crippen molar-refractivity contribution in [1.29, 1.82) is 0 Å². The van der Waals surface area contributed by atoms with Crippen LogP contribution in [0.25, 0.3) is 97.0 Å². The van der Waals surface area contributed by atoms with E-state index in [-0.39, 0.29) is 0 Å². The van der Waals surface area contributed by atoms with Gasteiger partial charge >= 0.3 is 0 Å². The molecule has 3 heteroatoms. The van der Waals surface area contributed by atoms with Gasteiger partial charge in [0.25, 0.3) is 0 Å². The number of rotatable bonds is 6. The van der Waals surface area contributed by atoms with Crippen molar-refractivity contribution >= 4 is 92.1 Å². The van der Waals surface area contributed by atoms with Gasteiger partial charge in [0.1, 0.15) is 11.2 Å². The number of benzene rings is 10. The van der Waals surface area contributed by atoms with Crippen molar-refractivity contribution in [3.05, 3.63) is 212 Å². The van der Waals surface area contributed by atoms with E-state index in [0.29, 0.717) is 0 Å². The summed E-state index contributed by atoms with van der Waals surface area (Å²) in [5, 5.41) is 9.59. The summed E-state index contributed by atoms with van der Waals surface area (Å²) in [6, 6.07) is 77.0. The maximum Gasteiger partial charge on any atom is 0.143 e. The Bertz CT molecular complexity index is 3550. The van der Waals surface area contributed by atoms with Gasteiger partial charge in [-0.25, -0.2) is 0 Å². The van der Waals surface area contributed by atoms with Crippen LogP contribution in [0.1, 0.15) is 0 Å². The van der Waals surface area contributed by atoms with Crippen molar-refractivity contribution in [3.63, 3.8) is 0 Å². The van der Waals surface area contributed by atoms with E-state index >= 15 is 0 Å². The molecule has 12 rings (SSSR count). The van der Waals surface area contributed by atoms with Crippen LogP contribution in [0, 0.1) is 0 Å². The van der Waals surface area contributed by atoms with E-state index in [1.54, 1.807) is 0 Å². The zero-order valence-corrected chi connectivity index (χ0v) is 32.8. The molecule has 2 heterocycles. The van der Waals surface area contributed by atoms with E-state index in [9.17, 15) is 0 Å². The fraction of sp³-hybridized carbons (Fsp3) is 0. The molecule has 0 aliphatic carbocycles. The second-order valence-electron chi connectivity index (χ2n) is 15.2. The molecule has 0 bridgehead atoms. The third-order valence-electron chi connectivity index (χ3n) is 11.9. The Morgan fingerprint density at radius 1 is 0.356 bits per heavy atom. The Balaban J connectivity index is 1.02. The molecule has 2 aromatic heterocycles. The summed E-state index contributed by atoms with van der Waals surface area (Å²) in [6.07, 6.45) is 0. The van der Waals surface area contributed by atoms with Gasteiger partial charge in [0, 0.05) is 42.2 Å². The molecule has 0 unspecified atom stereocenters. The van der Waals surface area contributed by atoms with Gasteiger partial charge in [-0.05, 0) is 98.6 Å². The monoisotopic (exact) mass is 769 g/mol. The van der Waals surface area contributed by atoms with Gasteiger partial charge in [-0.15, -0.1) is 11.3 Å². The van der Waals surface area contributed by atoms with Crippen molar-refractivity contribution in [2.75, 3.05) is 4.90 Å². The SMILES string of the molecule is c1ccc(N(c2ccc(-c3ccc(-c4cccc5ccccc45)cc3)cc2)c2cccc3oc4c5ccccc5ccc4c23)c(-c2ccc3sc4ccccc4c3c2)c1. The number of furan rings is 1. The standard InChI is InChI=1S/C56H35NOS/c1-3-14-43-38(11-1)13-9-18-44(43)40-25-23-36(24-26-40)37-27-31-42(32-28-37)57(51-20-10-21-52-55(51)48-33-29-39-12-2-4-16-46(39)56(48)58-52)50-19-7-5-15-45(50)41-30-34-54-49(35-41)47-17-6-8-22-53(47)59-54/h1-35H. The number of fused-ring (bicyclic) bond motifs is 9. The molecule has 276 valence electrons. The minimum absolute atomic E-state index is 0.866. The molecule has 0 atom stereocenters. The van der Waals surface area contributed by atoms with Crippen LogP contribution in [0.5, 0.6) is 0 Å². The normalized spacial score (nSPS) is 11.7. The quantitative estimate of drug-likeness (QED) is 0.167. The van der Waals surface area contributed by atoms with E-state index < -0.39 is 0 Å². The summed E-state index contributed by atoms with van der Waals surface area (Å²) < 4.78 is 9.35. The van der Waals surface area contributed by atoms with E-state index in [0.717, 1.165) is 50.0 Å². The van der Waals surface area contributed by atoms with E-state index in [1.807, 2.05) is 11.3 Å². The Labute approximate surface area is 345 Å². The number of nitrogens with zero attached hydrogens (tertiary/aromatic N) is 1. The highest BCUT2D eigenvalue weighted by atomic mass is 32.1. The zero-order valence-electron chi connectivity index (χ0n) is 32.0. The van der Waals surface area contributed by atoms with Crippen LogP contribution in [-0.2, 0) is 0 Å². The molecule has 0 fully saturated rings. The predicted molar refractivity (Wildman–Crippen MR) is 253 cm³/mol. The lowest BCUT2D eigenvalue weighted by molar-refractivity contribution is 0.672. The summed E-state index contributed by atoms with van der Waals surface area (Å²) in [4.78, 5) is 2.42. The van der Waals surface area contributed by atoms with Gasteiger partial charge < -0.3 is 9.32 Å². The van der Waals surface area contributed by atoms with Crippen LogP contribution in [0.3, 0.4) is 0 Å². The van der Waals surface area contributed by atoms with Crippen LogP contribution in [0.15, 0.2) is 217 Å². The minimum Gasteiger partial charge on any atom is -0.455 e. The van der Waals surface area contributed by atoms with Crippen LogP contribution in [-0.4, -0.2) is 0 Å². The smallest absolute Gasteiger partial charge is 0.143 e. The first-order valence-electron chi connectivity index (χ1n) is 20.1. The molecule has 0 aliphatic rings. The average molecular weight is 770 g/mol. The minimum atomic E-state index is 0.866. The first-order chi connectivity index (χ1) is 29.2. The average Bonchev–Trinajstić information content (AvgIpc) is 3.88. The van der Waals surface area contributed by atoms with Crippen molar-refractivity contribution < 1.29 is 4.42 Å². The molecule has 12 aromatic rings. The molecule has 0 aliphatic heterocycles. The molecule has 0 radical (unpaired) electrons. The summed E-state index contributed by atoms with van der Waals surface area (Å²) in [5.74, 6) is 0. The van der Waals surface area contributed by atoms with Gasteiger partial charge in [0.2, 0.25) is 0 Å². The van der Waals surface area contributed by atoms with E-state index in [4.69, 9.17) is 4.42 Å². The maximum atomic E-state index is 6.74. The molecule has 2 nitrogen and oxygen atoms in total. The number of thiophene rings is 1. The van der Waals surface area contributed by atoms with Crippen LogP contribution in [0.2, 0.25) is 0 Å². The molecular formula is C56H35NOS. The Hall–Kier alpha value is -7.46. The van der Waals surface area contributed by atoms with Gasteiger partial charge in [-0.2, -0.15) is 0 Å². The van der Waals surface area contributed by atoms with Crippen LogP contribution < -0.4 is 4.90 Å². The maximum absolute atomic E-state index is 6.74. The Kier molecular flexibility index (Phi) is 7.75. The third-order valence-corrected chi connectivity index (χ3v) is 13.0. The number of hydrogen-bond donors (Lipinski definition) is 0. The molecule has 0 spiro atoms. The second kappa shape index (κ2) is 13.6. The first-order valence-corrected chi connectivity index (χ1v) is 20.9. The molecule has 0 amide bonds. The fourth-order valence-electron chi connectivity index (χ4n) is 9.06. The van der Waals surface area contributed by atoms with Gasteiger partial charge in [-0.3, -0.25) is 0 Å². The lowest BCUT2D eigenvalue weighted by atomic mass is 9.96. The zero-order chi connectivity index (χ0) is 38.9. The number of para-hydroxylation sites is 1. The molecule has 10 aromatic carbocycles. The summed E-state index contributed by atoms with van der Waals surface area (Å²) in [5.41, 5.74) is 12.2. The number of hydrogen-bond acceptors (Lipinski definition) is 3. The lowest BCUT2D eigenvalue weighted by Crippen LogP contribution is -2.11. The van der Waals surface area contributed by atoms with Gasteiger partial charge in [-0.1, -0.05) is 158 Å². The Morgan fingerprint density at radius 3 is 1.80 bits per heavy atom. The van der Waals surface area contributed by atoms with E-state index in [1.165, 1.54) is 64.1 Å². The third kappa shape index (κ3) is 5.55. The Morgan fingerprint density at radius 2 is 0.949 bits per heavy atom. The highest BCUT2D eigenvalue weighted by molar-refractivity contribution is 7.25. The van der Waals surface area contributed by atoms with Gasteiger partial charge in [0.05, 0.1) is 16.8 Å². The van der Waals surface area contributed by atoms with Crippen molar-refractivity contribution in [2.45, 2.75) is 0 Å². The molecular weight excluding hydrogens is 735 g/mol. The predicted octanol–water partition coefficient (Wildman–Crippen LogP) is 16.7. The van der Waals surface area contributed by atoms with Crippen molar-refractivity contribution in [3.8, 4) is 33.4 Å². The molecule has 0 N–H and O–H groups in total. The topological polar surface area (TPSA) is 16.4 Å². The summed E-state index contributed by atoms with van der Waals surface area (Å²) >= 11 is 1.85. The number of anilines is 3. The van der Waals surface area contributed by atoms with Crippen molar-refractivity contribution in [1.82, 2.24) is 0 Å². The molecule has 59 heavy (non-hydrogen) atoms. The van der Waals surface area contributed by atoms with Gasteiger partial charge in [0.15, 0.2) is 0 Å². The largest absolute Gasteiger partial charge is 0.455 e. The highest BCUT2D eigenvalue weighted by Gasteiger charge is 2.23. The fourth-order valence-corrected chi connectivity index (χ4v) is 10.1. The van der Waals surface area contributed by atoms with Crippen molar-refractivity contribution in [2.24, 2.45) is 0 Å². The molecule has 0 saturated heterocycles. The summed E-state index contributed by atoms with van der Waals surface area (Å²) in [7, 11) is 0. The highest BCUT2D eigenvalue weighted by Crippen LogP contribution is 2.48. The summed E-state index contributed by atoms with van der Waals surface area (Å²) in [6.45, 7) is 0.